The smallest absolute Gasteiger partial charge is 0.744 e. The molecule has 1 atom stereocenters. The van der Waals surface area contributed by atoms with Crippen LogP contribution in [0.5, 0.6) is 0 Å². The number of hydrogen-bond donors (Lipinski definition) is 0. The molecule has 0 aromatic rings. The fraction of sp³-hybridized carbons (Fsp3) is 0.333. The molecule has 0 heterocycles. The van der Waals surface area contributed by atoms with Gasteiger partial charge in [-0.25, -0.2) is 8.42 Å². The first-order valence-corrected chi connectivity index (χ1v) is 7.77. The summed E-state index contributed by atoms with van der Waals surface area (Å²) in [6, 6.07) is 10.2. The SMILES string of the molecule is COC(c1cc(S(=O)(=O)[O-])c2cccccc1-2)C(C)C.[Na+]. The van der Waals surface area contributed by atoms with Crippen LogP contribution < -0.4 is 29.6 Å². The summed E-state index contributed by atoms with van der Waals surface area (Å²) in [7, 11) is -2.93. The molecule has 0 N–H and O–H groups in total. The zero-order valence-electron chi connectivity index (χ0n) is 12.7. The summed E-state index contributed by atoms with van der Waals surface area (Å²) in [4.78, 5) is -0.179. The van der Waals surface area contributed by atoms with Gasteiger partial charge < -0.3 is 9.29 Å². The Hall–Kier alpha value is -0.430. The molecule has 0 spiro atoms. The molecule has 0 saturated carbocycles. The van der Waals surface area contributed by atoms with E-state index in [4.69, 9.17) is 4.74 Å². The van der Waals surface area contributed by atoms with Gasteiger partial charge in [0.15, 0.2) is 0 Å². The molecule has 0 aliphatic heterocycles. The van der Waals surface area contributed by atoms with Gasteiger partial charge in [-0.15, -0.1) is 0 Å². The van der Waals surface area contributed by atoms with Gasteiger partial charge in [-0.2, -0.15) is 0 Å². The van der Waals surface area contributed by atoms with Crippen molar-refractivity contribution in [3.8, 4) is 11.1 Å². The summed E-state index contributed by atoms with van der Waals surface area (Å²) >= 11 is 0. The first-order valence-electron chi connectivity index (χ1n) is 6.36. The molecule has 0 aromatic carbocycles. The maximum Gasteiger partial charge on any atom is 1.00 e. The largest absolute Gasteiger partial charge is 1.00 e. The Kier molecular flexibility index (Phi) is 6.40. The second-order valence-electron chi connectivity index (χ2n) is 5.06. The molecule has 4 nitrogen and oxygen atoms in total. The van der Waals surface area contributed by atoms with Gasteiger partial charge >= 0.3 is 29.6 Å². The van der Waals surface area contributed by atoms with Crippen molar-refractivity contribution in [3.05, 3.63) is 42.0 Å². The minimum atomic E-state index is -4.51. The fourth-order valence-electron chi connectivity index (χ4n) is 2.51. The number of hydrogen-bond acceptors (Lipinski definition) is 4. The number of rotatable bonds is 4. The van der Waals surface area contributed by atoms with Gasteiger partial charge in [0.05, 0.1) is 11.0 Å². The van der Waals surface area contributed by atoms with Gasteiger partial charge in [0.1, 0.15) is 10.1 Å². The van der Waals surface area contributed by atoms with Crippen LogP contribution in [0.1, 0.15) is 25.5 Å². The zero-order valence-corrected chi connectivity index (χ0v) is 15.5. The minimum Gasteiger partial charge on any atom is -0.744 e. The number of ether oxygens (including phenoxy) is 1. The molecule has 2 aliphatic carbocycles. The van der Waals surface area contributed by atoms with Crippen LogP contribution in [0.4, 0.5) is 0 Å². The summed E-state index contributed by atoms with van der Waals surface area (Å²) in [5, 5.41) is 0. The Bertz CT molecular complexity index is 682. The normalized spacial score (nSPS) is 13.2. The van der Waals surface area contributed by atoms with Crippen LogP contribution in [0.3, 0.4) is 0 Å². The van der Waals surface area contributed by atoms with Crippen molar-refractivity contribution < 1.29 is 47.3 Å². The van der Waals surface area contributed by atoms with E-state index in [1.807, 2.05) is 26.0 Å². The van der Waals surface area contributed by atoms with Crippen LogP contribution in [-0.2, 0) is 14.9 Å². The van der Waals surface area contributed by atoms with E-state index in [2.05, 4.69) is 0 Å². The molecule has 1 unspecified atom stereocenters. The summed E-state index contributed by atoms with van der Waals surface area (Å²) in [5.41, 5.74) is 1.93. The van der Waals surface area contributed by atoms with Crippen molar-refractivity contribution in [2.45, 2.75) is 24.8 Å². The maximum absolute atomic E-state index is 11.4. The van der Waals surface area contributed by atoms with E-state index in [9.17, 15) is 13.0 Å². The Balaban J connectivity index is 0.00000220. The number of methoxy groups -OCH3 is 1. The van der Waals surface area contributed by atoms with Gasteiger partial charge in [0.25, 0.3) is 0 Å². The molecule has 0 bridgehead atoms. The van der Waals surface area contributed by atoms with Crippen LogP contribution in [0.2, 0.25) is 0 Å². The number of fused-ring (bicyclic) bond motifs is 1. The molecule has 0 radical (unpaired) electrons. The Labute approximate surface area is 147 Å². The standard InChI is InChI=1S/C15H18O4S.Na/c1-10(2)15(19-3)13-9-14(20(16,17)18)12-8-6-4-5-7-11(12)13;/h4-10,15H,1-3H3,(H,16,17,18);/q;+1/p-1. The molecule has 2 rings (SSSR count). The quantitative estimate of drug-likeness (QED) is 0.590. The van der Waals surface area contributed by atoms with E-state index >= 15 is 0 Å². The summed E-state index contributed by atoms with van der Waals surface area (Å²) in [5.74, 6) is 0.165. The fourth-order valence-corrected chi connectivity index (χ4v) is 3.23. The third kappa shape index (κ3) is 3.86. The van der Waals surface area contributed by atoms with Crippen LogP contribution in [-0.4, -0.2) is 20.1 Å². The van der Waals surface area contributed by atoms with E-state index in [-0.39, 0.29) is 46.5 Å². The Morgan fingerprint density at radius 2 is 1.67 bits per heavy atom. The van der Waals surface area contributed by atoms with E-state index in [0.29, 0.717) is 5.56 Å². The van der Waals surface area contributed by atoms with Crippen LogP contribution in [0, 0.1) is 5.92 Å². The van der Waals surface area contributed by atoms with Crippen molar-refractivity contribution in [2.75, 3.05) is 7.11 Å². The minimum absolute atomic E-state index is 0. The molecule has 0 saturated heterocycles. The monoisotopic (exact) mass is 316 g/mol. The molecule has 6 heteroatoms. The van der Waals surface area contributed by atoms with E-state index < -0.39 is 10.1 Å². The van der Waals surface area contributed by atoms with E-state index in [0.717, 1.165) is 11.1 Å². The Morgan fingerprint density at radius 1 is 1.10 bits per heavy atom. The van der Waals surface area contributed by atoms with Gasteiger partial charge in [0, 0.05) is 7.11 Å². The molecule has 0 fully saturated rings. The third-order valence-electron chi connectivity index (χ3n) is 3.34. The first kappa shape index (κ1) is 18.6. The van der Waals surface area contributed by atoms with Gasteiger partial charge in [-0.3, -0.25) is 0 Å². The molecule has 0 aromatic heterocycles. The van der Waals surface area contributed by atoms with Crippen molar-refractivity contribution in [3.63, 3.8) is 0 Å². The summed E-state index contributed by atoms with van der Waals surface area (Å²) < 4.78 is 39.8. The topological polar surface area (TPSA) is 66.4 Å². The van der Waals surface area contributed by atoms with Crippen molar-refractivity contribution in [2.24, 2.45) is 5.92 Å². The zero-order chi connectivity index (χ0) is 14.9. The molecule has 108 valence electrons. The van der Waals surface area contributed by atoms with E-state index in [1.165, 1.54) is 6.07 Å². The van der Waals surface area contributed by atoms with Gasteiger partial charge in [-0.1, -0.05) is 44.2 Å². The molecular weight excluding hydrogens is 299 g/mol. The Morgan fingerprint density at radius 3 is 2.14 bits per heavy atom. The van der Waals surface area contributed by atoms with Crippen molar-refractivity contribution in [1.82, 2.24) is 0 Å². The average molecular weight is 316 g/mol. The predicted molar refractivity (Wildman–Crippen MR) is 75.6 cm³/mol. The molecule has 0 amide bonds. The molecular formula is C15H17NaO4S. The van der Waals surface area contributed by atoms with Gasteiger partial charge in [-0.05, 0) is 28.7 Å². The molecule has 21 heavy (non-hydrogen) atoms. The summed E-state index contributed by atoms with van der Waals surface area (Å²) in [6.07, 6.45) is -0.254. The first-order chi connectivity index (χ1) is 9.36. The van der Waals surface area contributed by atoms with Crippen LogP contribution in [0.25, 0.3) is 11.1 Å². The summed E-state index contributed by atoms with van der Waals surface area (Å²) in [6.45, 7) is 3.97. The maximum atomic E-state index is 11.4. The van der Waals surface area contributed by atoms with Gasteiger partial charge in [0.2, 0.25) is 0 Å². The predicted octanol–water partition coefficient (Wildman–Crippen LogP) is 0.0430. The van der Waals surface area contributed by atoms with Crippen LogP contribution >= 0.6 is 0 Å². The van der Waals surface area contributed by atoms with E-state index in [1.54, 1.807) is 25.3 Å². The van der Waals surface area contributed by atoms with Crippen molar-refractivity contribution in [1.29, 1.82) is 0 Å². The second-order valence-corrected chi connectivity index (χ2v) is 6.40. The average Bonchev–Trinajstić information content (AvgIpc) is 2.56. The van der Waals surface area contributed by atoms with Crippen molar-refractivity contribution >= 4 is 10.1 Å². The third-order valence-corrected chi connectivity index (χ3v) is 4.21. The van der Waals surface area contributed by atoms with Crippen LogP contribution in [0.15, 0.2) is 41.3 Å². The molecule has 2 aliphatic rings. The second kappa shape index (κ2) is 7.22.